The van der Waals surface area contributed by atoms with Crippen molar-refractivity contribution in [1.82, 2.24) is 9.38 Å². The average Bonchev–Trinajstić information content (AvgIpc) is 2.49. The first-order valence-electron chi connectivity index (χ1n) is 4.84. The SMILES string of the molecule is CCCc1cnc2c(C)cc(Cl)cn12. The second kappa shape index (κ2) is 3.62. The summed E-state index contributed by atoms with van der Waals surface area (Å²) in [5, 5.41) is 0.769. The second-order valence-corrected chi connectivity index (χ2v) is 3.97. The van der Waals surface area contributed by atoms with Gasteiger partial charge in [0.05, 0.1) is 5.02 Å². The minimum absolute atomic E-state index is 0.769. The van der Waals surface area contributed by atoms with Gasteiger partial charge in [0.2, 0.25) is 0 Å². The second-order valence-electron chi connectivity index (χ2n) is 3.53. The van der Waals surface area contributed by atoms with E-state index in [0.29, 0.717) is 0 Å². The molecule has 0 aliphatic carbocycles. The van der Waals surface area contributed by atoms with Crippen LogP contribution >= 0.6 is 11.6 Å². The molecule has 0 radical (unpaired) electrons. The normalized spacial score (nSPS) is 11.1. The maximum atomic E-state index is 6.00. The zero-order valence-corrected chi connectivity index (χ0v) is 9.17. The van der Waals surface area contributed by atoms with E-state index in [4.69, 9.17) is 11.6 Å². The van der Waals surface area contributed by atoms with E-state index in [-0.39, 0.29) is 0 Å². The molecule has 2 aromatic heterocycles. The van der Waals surface area contributed by atoms with Crippen LogP contribution in [0.25, 0.3) is 5.65 Å². The highest BCUT2D eigenvalue weighted by molar-refractivity contribution is 6.30. The smallest absolute Gasteiger partial charge is 0.139 e. The summed E-state index contributed by atoms with van der Waals surface area (Å²) in [6.07, 6.45) is 6.03. The fourth-order valence-electron chi connectivity index (χ4n) is 1.71. The molecule has 0 fully saturated rings. The Bertz CT molecular complexity index is 460. The molecule has 2 heterocycles. The summed E-state index contributed by atoms with van der Waals surface area (Å²) in [6.45, 7) is 4.20. The first kappa shape index (κ1) is 9.53. The molecule has 0 amide bonds. The van der Waals surface area contributed by atoms with Crippen LogP contribution in [0.15, 0.2) is 18.5 Å². The minimum Gasteiger partial charge on any atom is -0.302 e. The third-order valence-corrected chi connectivity index (χ3v) is 2.55. The van der Waals surface area contributed by atoms with Crippen LogP contribution in [0.3, 0.4) is 0 Å². The number of halogens is 1. The molecule has 0 aliphatic rings. The Balaban J connectivity index is 2.66. The number of aromatic nitrogens is 2. The molecule has 0 atom stereocenters. The molecule has 0 aromatic carbocycles. The summed E-state index contributed by atoms with van der Waals surface area (Å²) < 4.78 is 2.08. The molecular formula is C11H13ClN2. The van der Waals surface area contributed by atoms with Crippen LogP contribution in [0, 0.1) is 6.92 Å². The van der Waals surface area contributed by atoms with Crippen LogP contribution in [-0.2, 0) is 6.42 Å². The number of hydrogen-bond acceptors (Lipinski definition) is 1. The molecule has 2 rings (SSSR count). The summed E-state index contributed by atoms with van der Waals surface area (Å²) in [4.78, 5) is 4.38. The molecule has 0 saturated heterocycles. The highest BCUT2D eigenvalue weighted by Gasteiger charge is 2.05. The molecule has 0 bridgehead atoms. The van der Waals surface area contributed by atoms with Gasteiger partial charge in [0.15, 0.2) is 0 Å². The summed E-state index contributed by atoms with van der Waals surface area (Å²) in [6, 6.07) is 1.94. The Kier molecular flexibility index (Phi) is 2.46. The Morgan fingerprint density at radius 2 is 2.29 bits per heavy atom. The highest BCUT2D eigenvalue weighted by atomic mass is 35.5. The van der Waals surface area contributed by atoms with Crippen molar-refractivity contribution >= 4 is 17.2 Å². The van der Waals surface area contributed by atoms with Gasteiger partial charge in [0.1, 0.15) is 5.65 Å². The molecule has 0 saturated carbocycles. The fraction of sp³-hybridized carbons (Fsp3) is 0.364. The Hall–Kier alpha value is -1.02. The number of aryl methyl sites for hydroxylation is 2. The van der Waals surface area contributed by atoms with Crippen LogP contribution in [0.5, 0.6) is 0 Å². The van der Waals surface area contributed by atoms with E-state index in [1.54, 1.807) is 0 Å². The van der Waals surface area contributed by atoms with Gasteiger partial charge in [-0.15, -0.1) is 0 Å². The Morgan fingerprint density at radius 3 is 3.00 bits per heavy atom. The first-order chi connectivity index (χ1) is 6.72. The molecular weight excluding hydrogens is 196 g/mol. The topological polar surface area (TPSA) is 17.3 Å². The zero-order chi connectivity index (χ0) is 10.1. The van der Waals surface area contributed by atoms with Gasteiger partial charge in [-0.3, -0.25) is 0 Å². The molecule has 2 aromatic rings. The van der Waals surface area contributed by atoms with Crippen LogP contribution in [-0.4, -0.2) is 9.38 Å². The third kappa shape index (κ3) is 1.50. The number of hydrogen-bond donors (Lipinski definition) is 0. The van der Waals surface area contributed by atoms with Crippen molar-refractivity contribution in [2.45, 2.75) is 26.7 Å². The quantitative estimate of drug-likeness (QED) is 0.741. The molecule has 14 heavy (non-hydrogen) atoms. The van der Waals surface area contributed by atoms with Crippen molar-refractivity contribution in [3.8, 4) is 0 Å². The summed E-state index contributed by atoms with van der Waals surface area (Å²) in [5.41, 5.74) is 3.37. The van der Waals surface area contributed by atoms with E-state index in [1.165, 1.54) is 5.69 Å². The molecule has 0 aliphatic heterocycles. The Morgan fingerprint density at radius 1 is 1.50 bits per heavy atom. The first-order valence-corrected chi connectivity index (χ1v) is 5.22. The highest BCUT2D eigenvalue weighted by Crippen LogP contribution is 2.18. The van der Waals surface area contributed by atoms with Crippen molar-refractivity contribution in [2.75, 3.05) is 0 Å². The van der Waals surface area contributed by atoms with Crippen molar-refractivity contribution in [2.24, 2.45) is 0 Å². The van der Waals surface area contributed by atoms with E-state index in [9.17, 15) is 0 Å². The molecule has 0 spiro atoms. The maximum absolute atomic E-state index is 6.00. The van der Waals surface area contributed by atoms with Crippen molar-refractivity contribution in [1.29, 1.82) is 0 Å². The van der Waals surface area contributed by atoms with Gasteiger partial charge in [-0.05, 0) is 25.0 Å². The van der Waals surface area contributed by atoms with Gasteiger partial charge >= 0.3 is 0 Å². The molecule has 2 nitrogen and oxygen atoms in total. The lowest BCUT2D eigenvalue weighted by atomic mass is 10.2. The predicted molar refractivity (Wildman–Crippen MR) is 58.9 cm³/mol. The monoisotopic (exact) mass is 208 g/mol. The summed E-state index contributed by atoms with van der Waals surface area (Å²) >= 11 is 6.00. The average molecular weight is 209 g/mol. The van der Waals surface area contributed by atoms with Gasteiger partial charge in [-0.1, -0.05) is 24.9 Å². The number of fused-ring (bicyclic) bond motifs is 1. The van der Waals surface area contributed by atoms with Crippen molar-refractivity contribution < 1.29 is 0 Å². The standard InChI is InChI=1S/C11H13ClN2/c1-3-4-10-6-13-11-8(2)5-9(12)7-14(10)11/h5-7H,3-4H2,1-2H3. The lowest BCUT2D eigenvalue weighted by Gasteiger charge is -2.02. The lowest BCUT2D eigenvalue weighted by Crippen LogP contribution is -1.93. The van der Waals surface area contributed by atoms with Crippen LogP contribution in [0.4, 0.5) is 0 Å². The van der Waals surface area contributed by atoms with Gasteiger partial charge in [-0.2, -0.15) is 0 Å². The molecule has 0 unspecified atom stereocenters. The maximum Gasteiger partial charge on any atom is 0.139 e. The summed E-state index contributed by atoms with van der Waals surface area (Å²) in [7, 11) is 0. The van der Waals surface area contributed by atoms with Gasteiger partial charge in [0.25, 0.3) is 0 Å². The van der Waals surface area contributed by atoms with E-state index in [1.807, 2.05) is 25.4 Å². The number of pyridine rings is 1. The van der Waals surface area contributed by atoms with Gasteiger partial charge in [-0.25, -0.2) is 4.98 Å². The van der Waals surface area contributed by atoms with Crippen molar-refractivity contribution in [3.05, 3.63) is 34.7 Å². The molecule has 0 N–H and O–H groups in total. The van der Waals surface area contributed by atoms with Crippen LogP contribution in [0.1, 0.15) is 24.6 Å². The fourth-order valence-corrected chi connectivity index (χ4v) is 1.97. The number of rotatable bonds is 2. The minimum atomic E-state index is 0.769. The third-order valence-electron chi connectivity index (χ3n) is 2.34. The van der Waals surface area contributed by atoms with Crippen LogP contribution in [0.2, 0.25) is 5.02 Å². The van der Waals surface area contributed by atoms with E-state index in [0.717, 1.165) is 29.1 Å². The lowest BCUT2D eigenvalue weighted by molar-refractivity contribution is 0.867. The van der Waals surface area contributed by atoms with Crippen LogP contribution < -0.4 is 0 Å². The van der Waals surface area contributed by atoms with E-state index >= 15 is 0 Å². The van der Waals surface area contributed by atoms with E-state index < -0.39 is 0 Å². The molecule has 74 valence electrons. The zero-order valence-electron chi connectivity index (χ0n) is 8.42. The summed E-state index contributed by atoms with van der Waals surface area (Å²) in [5.74, 6) is 0. The van der Waals surface area contributed by atoms with Crippen molar-refractivity contribution in [3.63, 3.8) is 0 Å². The van der Waals surface area contributed by atoms with Gasteiger partial charge < -0.3 is 4.40 Å². The van der Waals surface area contributed by atoms with Gasteiger partial charge in [0, 0.05) is 18.1 Å². The Labute approximate surface area is 88.5 Å². The molecule has 3 heteroatoms. The van der Waals surface area contributed by atoms with E-state index in [2.05, 4.69) is 16.3 Å². The predicted octanol–water partition coefficient (Wildman–Crippen LogP) is 3.25. The number of nitrogens with zero attached hydrogens (tertiary/aromatic N) is 2. The largest absolute Gasteiger partial charge is 0.302 e. The number of imidazole rings is 1.